The summed E-state index contributed by atoms with van der Waals surface area (Å²) in [6.45, 7) is 10.6. The average Bonchev–Trinajstić information content (AvgIpc) is 3.00. The fourth-order valence-electron chi connectivity index (χ4n) is 4.34. The molecule has 3 heterocycles. The van der Waals surface area contributed by atoms with Gasteiger partial charge in [-0.2, -0.15) is 0 Å². The van der Waals surface area contributed by atoms with Crippen molar-refractivity contribution in [3.8, 4) is 11.3 Å². The number of piperidine rings is 1. The molecule has 4 rings (SSSR count). The maximum atomic E-state index is 5.87. The Hall–Kier alpha value is -1.92. The Balaban J connectivity index is 1.56. The summed E-state index contributed by atoms with van der Waals surface area (Å²) in [5, 5.41) is 0. The summed E-state index contributed by atoms with van der Waals surface area (Å²) in [5.41, 5.74) is 8.92. The summed E-state index contributed by atoms with van der Waals surface area (Å²) in [5.74, 6) is 3.66. The number of hydrogen-bond acceptors (Lipinski definition) is 5. The van der Waals surface area contributed by atoms with Crippen molar-refractivity contribution in [1.29, 1.82) is 0 Å². The Kier molecular flexibility index (Phi) is 4.49. The number of aryl methyl sites for hydroxylation is 1. The Labute approximate surface area is 155 Å². The highest BCUT2D eigenvalue weighted by atomic mass is 16.5. The zero-order valence-corrected chi connectivity index (χ0v) is 16.1. The summed E-state index contributed by atoms with van der Waals surface area (Å²) < 4.78 is 7.65. The number of nitrogen functional groups attached to an aromatic ring is 1. The molecule has 2 aromatic rings. The second-order valence-corrected chi connectivity index (χ2v) is 8.04. The molecule has 1 saturated heterocycles. The quantitative estimate of drug-likeness (QED) is 0.863. The molecule has 3 atom stereocenters. The first-order valence-electron chi connectivity index (χ1n) is 9.52. The predicted molar refractivity (Wildman–Crippen MR) is 103 cm³/mol. The van der Waals surface area contributed by atoms with Crippen LogP contribution in [-0.4, -0.2) is 52.8 Å². The number of likely N-dealkylation sites (tertiary alicyclic amines) is 1. The highest BCUT2D eigenvalue weighted by Crippen LogP contribution is 2.56. The van der Waals surface area contributed by atoms with Crippen molar-refractivity contribution < 1.29 is 4.74 Å². The van der Waals surface area contributed by atoms with Crippen molar-refractivity contribution in [2.45, 2.75) is 32.7 Å². The molecule has 1 aliphatic heterocycles. The molecule has 2 aromatic heterocycles. The largest absolute Gasteiger partial charge is 0.383 e. The number of imidazole rings is 1. The predicted octanol–water partition coefficient (Wildman–Crippen LogP) is 2.71. The fourth-order valence-corrected chi connectivity index (χ4v) is 4.34. The summed E-state index contributed by atoms with van der Waals surface area (Å²) in [6.07, 6.45) is 4.06. The van der Waals surface area contributed by atoms with Gasteiger partial charge in [-0.15, -0.1) is 0 Å². The van der Waals surface area contributed by atoms with E-state index in [1.165, 1.54) is 18.9 Å². The first kappa shape index (κ1) is 17.5. The number of hydrogen-bond donors (Lipinski definition) is 1. The first-order chi connectivity index (χ1) is 12.5. The normalized spacial score (nSPS) is 25.0. The topological polar surface area (TPSA) is 69.2 Å². The fraction of sp³-hybridized carbons (Fsp3) is 0.600. The van der Waals surface area contributed by atoms with E-state index in [2.05, 4.69) is 40.6 Å². The first-order valence-corrected chi connectivity index (χ1v) is 9.52. The monoisotopic (exact) mass is 355 g/mol. The number of aromatic nitrogens is 3. The van der Waals surface area contributed by atoms with Crippen molar-refractivity contribution >= 4 is 5.82 Å². The smallest absolute Gasteiger partial charge is 0.126 e. The van der Waals surface area contributed by atoms with Crippen LogP contribution in [0.15, 0.2) is 18.5 Å². The van der Waals surface area contributed by atoms with Crippen LogP contribution in [0.5, 0.6) is 0 Å². The number of nitrogens with zero attached hydrogens (tertiary/aromatic N) is 4. The van der Waals surface area contributed by atoms with E-state index in [-0.39, 0.29) is 0 Å². The van der Waals surface area contributed by atoms with E-state index in [1.807, 2.05) is 13.1 Å². The van der Waals surface area contributed by atoms with Crippen LogP contribution in [0.25, 0.3) is 11.3 Å². The van der Waals surface area contributed by atoms with Gasteiger partial charge in [0.1, 0.15) is 11.6 Å². The van der Waals surface area contributed by atoms with E-state index >= 15 is 0 Å². The molecule has 2 aliphatic rings. The van der Waals surface area contributed by atoms with Crippen LogP contribution in [0.1, 0.15) is 37.2 Å². The number of nitrogens with two attached hydrogens (primary N) is 1. The van der Waals surface area contributed by atoms with Gasteiger partial charge in [-0.1, -0.05) is 13.8 Å². The van der Waals surface area contributed by atoms with E-state index in [9.17, 15) is 0 Å². The third kappa shape index (κ3) is 3.01. The second kappa shape index (κ2) is 6.67. The highest BCUT2D eigenvalue weighted by Gasteiger charge is 2.57. The minimum Gasteiger partial charge on any atom is -0.383 e. The molecule has 0 unspecified atom stereocenters. The zero-order chi connectivity index (χ0) is 18.4. The molecular formula is C20H29N5O. The number of pyridine rings is 1. The Morgan fingerprint density at radius 1 is 1.31 bits per heavy atom. The number of fused-ring (bicyclic) bond motifs is 1. The zero-order valence-electron chi connectivity index (χ0n) is 16.1. The number of ether oxygens (including phenoxy) is 1. The lowest BCUT2D eigenvalue weighted by atomic mass is 10.1. The highest BCUT2D eigenvalue weighted by molar-refractivity contribution is 5.61. The SMILES string of the molecule is COCCN1C[C@@H]2[C@H](C1)[C@H]2n1cc(-c2cnc(N)c(C)c2)nc1C(C)C. The van der Waals surface area contributed by atoms with E-state index in [0.29, 0.717) is 17.8 Å². The van der Waals surface area contributed by atoms with Crippen LogP contribution in [0.2, 0.25) is 0 Å². The van der Waals surface area contributed by atoms with Gasteiger partial charge in [-0.3, -0.25) is 0 Å². The van der Waals surface area contributed by atoms with E-state index in [0.717, 1.165) is 41.8 Å². The van der Waals surface area contributed by atoms with Crippen molar-refractivity contribution in [1.82, 2.24) is 19.4 Å². The van der Waals surface area contributed by atoms with Gasteiger partial charge >= 0.3 is 0 Å². The molecule has 1 aliphatic carbocycles. The van der Waals surface area contributed by atoms with Gasteiger partial charge in [-0.25, -0.2) is 9.97 Å². The molecular weight excluding hydrogens is 326 g/mol. The second-order valence-electron chi connectivity index (χ2n) is 8.04. The van der Waals surface area contributed by atoms with Crippen LogP contribution >= 0.6 is 0 Å². The molecule has 2 N–H and O–H groups in total. The standard InChI is InChI=1S/C20H29N5O/c1-12(2)20-23-17(14-7-13(3)19(21)22-8-14)11-25(20)18-15-9-24(5-6-26-4)10-16(15)18/h7-8,11-12,15-16,18H,5-6,9-10H2,1-4H3,(H2,21,22)/t15-,16+,18+. The van der Waals surface area contributed by atoms with Crippen LogP contribution < -0.4 is 5.73 Å². The van der Waals surface area contributed by atoms with E-state index in [4.69, 9.17) is 15.5 Å². The lowest BCUT2D eigenvalue weighted by molar-refractivity contribution is 0.151. The molecule has 0 aromatic carbocycles. The van der Waals surface area contributed by atoms with Crippen molar-refractivity contribution in [3.63, 3.8) is 0 Å². The summed E-state index contributed by atoms with van der Waals surface area (Å²) in [7, 11) is 1.77. The average molecular weight is 355 g/mol. The van der Waals surface area contributed by atoms with Crippen LogP contribution in [0, 0.1) is 18.8 Å². The Bertz CT molecular complexity index is 787. The van der Waals surface area contributed by atoms with Gasteiger partial charge in [-0.05, 0) is 30.4 Å². The lowest BCUT2D eigenvalue weighted by Gasteiger charge is -2.20. The minimum absolute atomic E-state index is 0.400. The molecule has 0 amide bonds. The van der Waals surface area contributed by atoms with Crippen molar-refractivity contribution in [2.24, 2.45) is 11.8 Å². The number of methoxy groups -OCH3 is 1. The minimum atomic E-state index is 0.400. The lowest BCUT2D eigenvalue weighted by Crippen LogP contribution is -2.28. The molecule has 2 fully saturated rings. The maximum Gasteiger partial charge on any atom is 0.126 e. The maximum absolute atomic E-state index is 5.87. The Morgan fingerprint density at radius 3 is 2.65 bits per heavy atom. The summed E-state index contributed by atoms with van der Waals surface area (Å²) in [4.78, 5) is 11.8. The molecule has 1 saturated carbocycles. The molecule has 26 heavy (non-hydrogen) atoms. The van der Waals surface area contributed by atoms with E-state index in [1.54, 1.807) is 7.11 Å². The van der Waals surface area contributed by atoms with Crippen molar-refractivity contribution in [2.75, 3.05) is 39.1 Å². The molecule has 0 radical (unpaired) electrons. The van der Waals surface area contributed by atoms with Crippen molar-refractivity contribution in [3.05, 3.63) is 29.8 Å². The van der Waals surface area contributed by atoms with Crippen LogP contribution in [-0.2, 0) is 4.74 Å². The third-order valence-corrected chi connectivity index (χ3v) is 5.85. The summed E-state index contributed by atoms with van der Waals surface area (Å²) in [6, 6.07) is 2.68. The van der Waals surface area contributed by atoms with Gasteiger partial charge in [0.25, 0.3) is 0 Å². The molecule has 0 spiro atoms. The molecule has 6 nitrogen and oxygen atoms in total. The molecule has 0 bridgehead atoms. The van der Waals surface area contributed by atoms with Gasteiger partial charge in [0.2, 0.25) is 0 Å². The third-order valence-electron chi connectivity index (χ3n) is 5.85. The number of rotatable bonds is 6. The van der Waals surface area contributed by atoms with E-state index < -0.39 is 0 Å². The molecule has 140 valence electrons. The van der Waals surface area contributed by atoms with Crippen LogP contribution in [0.4, 0.5) is 5.82 Å². The van der Waals surface area contributed by atoms with Gasteiger partial charge in [0.05, 0.1) is 12.3 Å². The van der Waals surface area contributed by atoms with Gasteiger partial charge < -0.3 is 19.9 Å². The van der Waals surface area contributed by atoms with Gasteiger partial charge in [0.15, 0.2) is 0 Å². The Morgan fingerprint density at radius 2 is 2.04 bits per heavy atom. The summed E-state index contributed by atoms with van der Waals surface area (Å²) >= 11 is 0. The molecule has 6 heteroatoms. The number of anilines is 1. The van der Waals surface area contributed by atoms with Gasteiger partial charge in [0, 0.05) is 56.7 Å². The van der Waals surface area contributed by atoms with Crippen LogP contribution in [0.3, 0.4) is 0 Å².